The molecular weight excluding hydrogens is 219 g/mol. The van der Waals surface area contributed by atoms with Gasteiger partial charge in [0.1, 0.15) is 5.75 Å². The molecule has 2 aromatic carbocycles. The smallest absolute Gasteiger partial charge is 0.193 e. The van der Waals surface area contributed by atoms with Crippen LogP contribution in [0, 0.1) is 0 Å². The molecule has 0 heterocycles. The van der Waals surface area contributed by atoms with Crippen molar-refractivity contribution in [2.24, 2.45) is 0 Å². The summed E-state index contributed by atoms with van der Waals surface area (Å²) in [7, 11) is 2.17. The van der Waals surface area contributed by atoms with Crippen molar-refractivity contribution in [1.82, 2.24) is 0 Å². The Morgan fingerprint density at radius 3 is 2.00 bits per heavy atom. The molecule has 1 unspecified atom stereocenters. The Hall–Kier alpha value is -1.66. The Morgan fingerprint density at radius 2 is 1.44 bits per heavy atom. The highest BCUT2D eigenvalue weighted by molar-refractivity contribution is 7.10. The van der Waals surface area contributed by atoms with Gasteiger partial charge in [0.15, 0.2) is 5.78 Å². The summed E-state index contributed by atoms with van der Waals surface area (Å²) in [6.45, 7) is 0. The highest BCUT2D eigenvalue weighted by atomic mass is 31.0. The molecule has 0 N–H and O–H groups in total. The average molecular weight is 230 g/mol. The molecule has 0 aliphatic carbocycles. The zero-order valence-corrected chi connectivity index (χ0v) is 9.74. The van der Waals surface area contributed by atoms with Crippen LogP contribution in [0.15, 0.2) is 54.6 Å². The van der Waals surface area contributed by atoms with Crippen molar-refractivity contribution in [2.45, 2.75) is 0 Å². The molecule has 2 nitrogen and oxygen atoms in total. The Kier molecular flexibility index (Phi) is 3.33. The predicted octanol–water partition coefficient (Wildman–Crippen LogP) is 3.09. The molecule has 0 fully saturated rings. The van der Waals surface area contributed by atoms with E-state index in [-0.39, 0.29) is 5.78 Å². The highest BCUT2D eigenvalue weighted by Gasteiger charge is 2.07. The van der Waals surface area contributed by atoms with Gasteiger partial charge in [-0.15, -0.1) is 0 Å². The first-order valence-electron chi connectivity index (χ1n) is 4.88. The van der Waals surface area contributed by atoms with E-state index in [0.717, 1.165) is 5.75 Å². The van der Waals surface area contributed by atoms with Crippen LogP contribution in [0.25, 0.3) is 0 Å². The van der Waals surface area contributed by atoms with Gasteiger partial charge in [-0.2, -0.15) is 0 Å². The molecule has 1 atom stereocenters. The minimum Gasteiger partial charge on any atom is -0.480 e. The number of rotatable bonds is 3. The fourth-order valence-corrected chi connectivity index (χ4v) is 1.60. The SMILES string of the molecule is O=C(c1ccccc1)c1ccc(OP)cc1. The van der Waals surface area contributed by atoms with E-state index in [2.05, 4.69) is 9.47 Å². The summed E-state index contributed by atoms with van der Waals surface area (Å²) in [4.78, 5) is 12.0. The van der Waals surface area contributed by atoms with Crippen molar-refractivity contribution in [3.8, 4) is 5.75 Å². The van der Waals surface area contributed by atoms with Gasteiger partial charge < -0.3 is 4.52 Å². The number of hydrogen-bond donors (Lipinski definition) is 0. The maximum absolute atomic E-state index is 12.0. The van der Waals surface area contributed by atoms with Gasteiger partial charge in [0.05, 0.1) is 9.47 Å². The Bertz CT molecular complexity index is 477. The molecule has 0 saturated heterocycles. The molecule has 3 heteroatoms. The van der Waals surface area contributed by atoms with Gasteiger partial charge in [-0.3, -0.25) is 4.79 Å². The number of carbonyl (C=O) groups is 1. The fraction of sp³-hybridized carbons (Fsp3) is 0. The second kappa shape index (κ2) is 4.91. The molecule has 0 aromatic heterocycles. The third kappa shape index (κ3) is 2.29. The van der Waals surface area contributed by atoms with E-state index >= 15 is 0 Å². The van der Waals surface area contributed by atoms with Crippen LogP contribution in [0.2, 0.25) is 0 Å². The normalized spacial score (nSPS) is 9.81. The van der Waals surface area contributed by atoms with Crippen LogP contribution < -0.4 is 4.52 Å². The van der Waals surface area contributed by atoms with Crippen molar-refractivity contribution < 1.29 is 9.32 Å². The van der Waals surface area contributed by atoms with Crippen LogP contribution in [0.5, 0.6) is 5.75 Å². The lowest BCUT2D eigenvalue weighted by Crippen LogP contribution is -2.00. The van der Waals surface area contributed by atoms with Crippen LogP contribution in [-0.4, -0.2) is 5.78 Å². The summed E-state index contributed by atoms with van der Waals surface area (Å²) in [5.74, 6) is 0.741. The molecule has 0 aliphatic heterocycles. The summed E-state index contributed by atoms with van der Waals surface area (Å²) in [6, 6.07) is 16.3. The molecule has 2 aromatic rings. The van der Waals surface area contributed by atoms with E-state index in [9.17, 15) is 4.79 Å². The second-order valence-electron chi connectivity index (χ2n) is 3.34. The largest absolute Gasteiger partial charge is 0.480 e. The predicted molar refractivity (Wildman–Crippen MR) is 66.7 cm³/mol. The zero-order chi connectivity index (χ0) is 11.4. The lowest BCUT2D eigenvalue weighted by atomic mass is 10.0. The second-order valence-corrected chi connectivity index (χ2v) is 3.57. The molecule has 0 bridgehead atoms. The van der Waals surface area contributed by atoms with Gasteiger partial charge in [0.2, 0.25) is 0 Å². The molecule has 2 rings (SSSR count). The first-order valence-corrected chi connectivity index (χ1v) is 5.35. The van der Waals surface area contributed by atoms with E-state index in [1.807, 2.05) is 30.3 Å². The summed E-state index contributed by atoms with van der Waals surface area (Å²) < 4.78 is 4.96. The maximum Gasteiger partial charge on any atom is 0.193 e. The van der Waals surface area contributed by atoms with E-state index in [0.29, 0.717) is 11.1 Å². The van der Waals surface area contributed by atoms with E-state index in [1.54, 1.807) is 24.3 Å². The minimum absolute atomic E-state index is 0.0240. The lowest BCUT2D eigenvalue weighted by Gasteiger charge is -2.02. The van der Waals surface area contributed by atoms with Gasteiger partial charge in [-0.1, -0.05) is 30.3 Å². The number of benzene rings is 2. The van der Waals surface area contributed by atoms with Gasteiger partial charge in [0, 0.05) is 11.1 Å². The average Bonchev–Trinajstić information content (AvgIpc) is 2.39. The zero-order valence-electron chi connectivity index (χ0n) is 8.59. The first-order chi connectivity index (χ1) is 7.81. The van der Waals surface area contributed by atoms with Crippen LogP contribution in [0.1, 0.15) is 15.9 Å². The molecule has 0 aliphatic rings. The van der Waals surface area contributed by atoms with Crippen molar-refractivity contribution in [2.75, 3.05) is 0 Å². The summed E-state index contributed by atoms with van der Waals surface area (Å²) in [5.41, 5.74) is 1.36. The van der Waals surface area contributed by atoms with Crippen molar-refractivity contribution >= 4 is 15.2 Å². The third-order valence-electron chi connectivity index (χ3n) is 2.29. The van der Waals surface area contributed by atoms with Gasteiger partial charge >= 0.3 is 0 Å². The van der Waals surface area contributed by atoms with E-state index < -0.39 is 0 Å². The molecule has 16 heavy (non-hydrogen) atoms. The summed E-state index contributed by atoms with van der Waals surface area (Å²) in [5, 5.41) is 0. The molecule has 0 spiro atoms. The molecule has 0 radical (unpaired) electrons. The molecular formula is C13H11O2P. The van der Waals surface area contributed by atoms with Gasteiger partial charge in [-0.05, 0) is 24.3 Å². The van der Waals surface area contributed by atoms with Crippen LogP contribution in [0.4, 0.5) is 0 Å². The van der Waals surface area contributed by atoms with Gasteiger partial charge in [0.25, 0.3) is 0 Å². The summed E-state index contributed by atoms with van der Waals surface area (Å²) >= 11 is 0. The molecule has 0 amide bonds. The van der Waals surface area contributed by atoms with Crippen molar-refractivity contribution in [1.29, 1.82) is 0 Å². The number of hydrogen-bond acceptors (Lipinski definition) is 2. The quantitative estimate of drug-likeness (QED) is 0.598. The lowest BCUT2D eigenvalue weighted by molar-refractivity contribution is 0.103. The van der Waals surface area contributed by atoms with Crippen LogP contribution in [-0.2, 0) is 0 Å². The number of carbonyl (C=O) groups excluding carboxylic acids is 1. The Morgan fingerprint density at radius 1 is 0.875 bits per heavy atom. The highest BCUT2D eigenvalue weighted by Crippen LogP contribution is 2.16. The maximum atomic E-state index is 12.0. The number of ketones is 1. The minimum atomic E-state index is 0.0240. The molecule has 80 valence electrons. The van der Waals surface area contributed by atoms with Crippen LogP contribution >= 0.6 is 9.47 Å². The van der Waals surface area contributed by atoms with Crippen LogP contribution in [0.3, 0.4) is 0 Å². The van der Waals surface area contributed by atoms with E-state index in [4.69, 9.17) is 4.52 Å². The Labute approximate surface area is 96.5 Å². The first kappa shape index (κ1) is 10.8. The monoisotopic (exact) mass is 230 g/mol. The van der Waals surface area contributed by atoms with E-state index in [1.165, 1.54) is 0 Å². The topological polar surface area (TPSA) is 26.3 Å². The fourth-order valence-electron chi connectivity index (χ4n) is 1.44. The van der Waals surface area contributed by atoms with Crippen molar-refractivity contribution in [3.05, 3.63) is 65.7 Å². The van der Waals surface area contributed by atoms with Crippen molar-refractivity contribution in [3.63, 3.8) is 0 Å². The molecule has 0 saturated carbocycles. The summed E-state index contributed by atoms with van der Waals surface area (Å²) in [6.07, 6.45) is 0. The standard InChI is InChI=1S/C13H11O2P/c14-13(10-4-2-1-3-5-10)11-6-8-12(15-16)9-7-11/h1-9H,16H2. The van der Waals surface area contributed by atoms with Gasteiger partial charge in [-0.25, -0.2) is 0 Å². The Balaban J connectivity index is 2.28. The third-order valence-corrected chi connectivity index (χ3v) is 2.56.